The van der Waals surface area contributed by atoms with E-state index in [0.717, 1.165) is 73.3 Å². The molecular formula is C46H51F3N2O2. The van der Waals surface area contributed by atoms with Crippen molar-refractivity contribution in [2.75, 3.05) is 26.2 Å². The molecule has 5 aromatic rings. The number of halogens is 3. The second-order valence-corrected chi connectivity index (χ2v) is 14.5. The van der Waals surface area contributed by atoms with Crippen LogP contribution in [0.15, 0.2) is 109 Å². The molecule has 278 valence electrons. The average molecular weight is 721 g/mol. The molecule has 2 N–H and O–H groups in total. The Hall–Kier alpha value is -4.27. The molecule has 5 aromatic carbocycles. The molecule has 0 spiro atoms. The molecule has 0 aliphatic carbocycles. The van der Waals surface area contributed by atoms with Crippen molar-refractivity contribution >= 4 is 0 Å². The maximum atomic E-state index is 13.6. The van der Waals surface area contributed by atoms with Crippen LogP contribution in [0.5, 0.6) is 0 Å². The van der Waals surface area contributed by atoms with Gasteiger partial charge in [0.05, 0.1) is 25.4 Å². The molecule has 0 bridgehead atoms. The molecule has 7 rings (SSSR count). The molecular weight excluding hydrogens is 670 g/mol. The first-order valence-electron chi connectivity index (χ1n) is 18.8. The van der Waals surface area contributed by atoms with Gasteiger partial charge < -0.3 is 20.1 Å². The first kappa shape index (κ1) is 38.5. The molecule has 4 atom stereocenters. The lowest BCUT2D eigenvalue weighted by molar-refractivity contribution is 0.00648. The molecule has 2 fully saturated rings. The van der Waals surface area contributed by atoms with Crippen LogP contribution in [0.2, 0.25) is 0 Å². The van der Waals surface area contributed by atoms with Gasteiger partial charge in [-0.15, -0.1) is 0 Å². The third-order valence-corrected chi connectivity index (χ3v) is 10.5. The number of benzene rings is 5. The van der Waals surface area contributed by atoms with Crippen LogP contribution in [-0.2, 0) is 29.1 Å². The normalized spacial score (nSPS) is 20.0. The van der Waals surface area contributed by atoms with Crippen LogP contribution in [0.3, 0.4) is 0 Å². The number of ether oxygens (including phenoxy) is 2. The fourth-order valence-corrected chi connectivity index (χ4v) is 7.69. The quantitative estimate of drug-likeness (QED) is 0.151. The number of piperidine rings is 2. The Morgan fingerprint density at radius 1 is 0.547 bits per heavy atom. The Morgan fingerprint density at radius 3 is 1.66 bits per heavy atom. The minimum absolute atomic E-state index is 0.0780. The molecule has 2 saturated heterocycles. The van der Waals surface area contributed by atoms with Crippen molar-refractivity contribution in [3.05, 3.63) is 177 Å². The fourth-order valence-electron chi connectivity index (χ4n) is 7.69. The van der Waals surface area contributed by atoms with E-state index in [1.807, 2.05) is 50.2 Å². The Kier molecular flexibility index (Phi) is 13.5. The van der Waals surface area contributed by atoms with Crippen molar-refractivity contribution in [3.8, 4) is 0 Å². The van der Waals surface area contributed by atoms with Crippen LogP contribution in [0.1, 0.15) is 74.7 Å². The lowest BCUT2D eigenvalue weighted by atomic mass is 9.86. The maximum Gasteiger partial charge on any atom is 0.123 e. The highest BCUT2D eigenvalue weighted by atomic mass is 19.1. The first-order chi connectivity index (χ1) is 25.7. The molecule has 2 aliphatic rings. The molecule has 0 amide bonds. The average Bonchev–Trinajstić information content (AvgIpc) is 3.15. The summed E-state index contributed by atoms with van der Waals surface area (Å²) in [6.07, 6.45) is 2.89. The Bertz CT molecular complexity index is 1930. The smallest absolute Gasteiger partial charge is 0.123 e. The minimum atomic E-state index is -0.219. The number of nitrogens with one attached hydrogen (secondary N) is 2. The van der Waals surface area contributed by atoms with Crippen LogP contribution in [-0.4, -0.2) is 38.4 Å². The second kappa shape index (κ2) is 18.7. The van der Waals surface area contributed by atoms with Gasteiger partial charge in [-0.3, -0.25) is 0 Å². The van der Waals surface area contributed by atoms with Crippen molar-refractivity contribution in [1.29, 1.82) is 0 Å². The second-order valence-electron chi connectivity index (χ2n) is 14.5. The summed E-state index contributed by atoms with van der Waals surface area (Å²) in [5.74, 6) is -0.124. The van der Waals surface area contributed by atoms with E-state index < -0.39 is 0 Å². The summed E-state index contributed by atoms with van der Waals surface area (Å²) in [6.45, 7) is 10.8. The molecule has 0 radical (unpaired) electrons. The van der Waals surface area contributed by atoms with E-state index in [2.05, 4.69) is 54.0 Å². The highest BCUT2D eigenvalue weighted by Crippen LogP contribution is 2.31. The number of hydrogen-bond donors (Lipinski definition) is 2. The number of rotatable bonds is 10. The van der Waals surface area contributed by atoms with Gasteiger partial charge in [0.25, 0.3) is 0 Å². The van der Waals surface area contributed by atoms with Crippen LogP contribution in [0.4, 0.5) is 13.2 Å². The van der Waals surface area contributed by atoms with Gasteiger partial charge in [0.15, 0.2) is 0 Å². The van der Waals surface area contributed by atoms with E-state index in [9.17, 15) is 13.2 Å². The van der Waals surface area contributed by atoms with E-state index in [0.29, 0.717) is 13.2 Å². The van der Waals surface area contributed by atoms with Gasteiger partial charge in [-0.2, -0.15) is 0 Å². The summed E-state index contributed by atoms with van der Waals surface area (Å²) < 4.78 is 52.8. The van der Waals surface area contributed by atoms with Gasteiger partial charge in [0, 0.05) is 24.9 Å². The van der Waals surface area contributed by atoms with Crippen molar-refractivity contribution in [1.82, 2.24) is 10.6 Å². The highest BCUT2D eigenvalue weighted by molar-refractivity contribution is 5.35. The fraction of sp³-hybridized carbons (Fsp3) is 0.348. The standard InChI is InChI=1S/C26H27F2NO.C20H24FNO/c1-18-14-23(28)10-11-24(18)25-16-29-13-12-26(25)30-17-21-5-3-2-4-20(21)15-19-6-8-22(27)9-7-19;1-14-4-3-5-16(10-14)13-23-20-8-9-22-12-19(20)18-7-6-17(21)11-15(18)2/h2-11,14,25-26,29H,12-13,15-17H2,1H3;3-7,10-11,19-20,22H,8-9,12-13H2,1-2H3. The lowest BCUT2D eigenvalue weighted by Crippen LogP contribution is -2.40. The third kappa shape index (κ3) is 10.7. The largest absolute Gasteiger partial charge is 0.373 e. The summed E-state index contributed by atoms with van der Waals surface area (Å²) in [5, 5.41) is 6.89. The van der Waals surface area contributed by atoms with Crippen LogP contribution in [0.25, 0.3) is 0 Å². The molecule has 2 heterocycles. The van der Waals surface area contributed by atoms with Crippen LogP contribution < -0.4 is 10.6 Å². The molecule has 2 aliphatic heterocycles. The molecule has 0 aromatic heterocycles. The zero-order valence-electron chi connectivity index (χ0n) is 31.0. The van der Waals surface area contributed by atoms with Crippen LogP contribution >= 0.6 is 0 Å². The first-order valence-corrected chi connectivity index (χ1v) is 18.8. The van der Waals surface area contributed by atoms with E-state index in [-0.39, 0.29) is 41.5 Å². The predicted molar refractivity (Wildman–Crippen MR) is 207 cm³/mol. The summed E-state index contributed by atoms with van der Waals surface area (Å²) >= 11 is 0. The summed E-state index contributed by atoms with van der Waals surface area (Å²) in [6, 6.07) is 33.4. The molecule has 53 heavy (non-hydrogen) atoms. The lowest BCUT2D eigenvalue weighted by Gasteiger charge is -2.33. The van der Waals surface area contributed by atoms with Crippen molar-refractivity contribution < 1.29 is 22.6 Å². The predicted octanol–water partition coefficient (Wildman–Crippen LogP) is 9.63. The maximum absolute atomic E-state index is 13.6. The Labute approximate surface area is 312 Å². The van der Waals surface area contributed by atoms with Gasteiger partial charge in [0.2, 0.25) is 0 Å². The number of hydrogen-bond acceptors (Lipinski definition) is 4. The summed E-state index contributed by atoms with van der Waals surface area (Å²) in [5.41, 5.74) is 10.2. The number of aryl methyl sites for hydroxylation is 3. The summed E-state index contributed by atoms with van der Waals surface area (Å²) in [4.78, 5) is 0. The summed E-state index contributed by atoms with van der Waals surface area (Å²) in [7, 11) is 0. The zero-order valence-corrected chi connectivity index (χ0v) is 31.0. The minimum Gasteiger partial charge on any atom is -0.373 e. The van der Waals surface area contributed by atoms with E-state index in [4.69, 9.17) is 9.47 Å². The van der Waals surface area contributed by atoms with Gasteiger partial charge >= 0.3 is 0 Å². The molecule has 4 unspecified atom stereocenters. The van der Waals surface area contributed by atoms with E-state index in [1.165, 1.54) is 40.5 Å². The molecule has 4 nitrogen and oxygen atoms in total. The van der Waals surface area contributed by atoms with Crippen molar-refractivity contribution in [3.63, 3.8) is 0 Å². The van der Waals surface area contributed by atoms with Gasteiger partial charge in [-0.1, -0.05) is 78.4 Å². The Balaban J connectivity index is 0.000000188. The SMILES string of the molecule is Cc1cc(F)ccc1C1CNCCC1OCc1ccccc1Cc1ccc(F)cc1.Cc1cccc(COC2CCNCC2c2ccc(F)cc2C)c1. The van der Waals surface area contributed by atoms with Crippen molar-refractivity contribution in [2.45, 2.75) is 77.3 Å². The highest BCUT2D eigenvalue weighted by Gasteiger charge is 2.29. The van der Waals surface area contributed by atoms with E-state index in [1.54, 1.807) is 18.2 Å². The molecule has 7 heteroatoms. The van der Waals surface area contributed by atoms with Gasteiger partial charge in [0.1, 0.15) is 17.5 Å². The van der Waals surface area contributed by atoms with Crippen LogP contribution in [0, 0.1) is 38.2 Å². The molecule has 0 saturated carbocycles. The monoisotopic (exact) mass is 720 g/mol. The van der Waals surface area contributed by atoms with E-state index >= 15 is 0 Å². The third-order valence-electron chi connectivity index (χ3n) is 10.5. The topological polar surface area (TPSA) is 42.5 Å². The van der Waals surface area contributed by atoms with Gasteiger partial charge in [-0.25, -0.2) is 13.2 Å². The Morgan fingerprint density at radius 2 is 1.09 bits per heavy atom. The van der Waals surface area contributed by atoms with Gasteiger partial charge in [-0.05, 0) is 134 Å². The van der Waals surface area contributed by atoms with Crippen molar-refractivity contribution in [2.24, 2.45) is 0 Å². The zero-order chi connectivity index (χ0) is 37.2.